The molecule has 1 heteroatoms. The van der Waals surface area contributed by atoms with E-state index in [-0.39, 0.29) is 0 Å². The predicted octanol–water partition coefficient (Wildman–Crippen LogP) is 4.38. The largest absolute Gasteiger partial charge is 0.383 e. The van der Waals surface area contributed by atoms with Crippen molar-refractivity contribution in [1.82, 2.24) is 0 Å². The van der Waals surface area contributed by atoms with Gasteiger partial charge in [0.25, 0.3) is 0 Å². The lowest BCUT2D eigenvalue weighted by Gasteiger charge is -2.15. The Labute approximate surface area is 93.9 Å². The zero-order chi connectivity index (χ0) is 11.1. The maximum atomic E-state index is 3.53. The van der Waals surface area contributed by atoms with E-state index >= 15 is 0 Å². The average molecular weight is 205 g/mol. The first-order valence-corrected chi connectivity index (χ1v) is 6.05. The second-order valence-corrected chi connectivity index (χ2v) is 4.41. The number of hydrogen-bond donors (Lipinski definition) is 1. The molecule has 0 spiro atoms. The summed E-state index contributed by atoms with van der Waals surface area (Å²) in [5.74, 6) is 0. The van der Waals surface area contributed by atoms with Crippen molar-refractivity contribution in [3.63, 3.8) is 0 Å². The maximum Gasteiger partial charge on any atom is 0.0342 e. The van der Waals surface area contributed by atoms with E-state index in [0.717, 1.165) is 0 Å². The van der Waals surface area contributed by atoms with Crippen LogP contribution in [0.3, 0.4) is 0 Å². The summed E-state index contributed by atoms with van der Waals surface area (Å²) >= 11 is 0. The number of rotatable bonds is 6. The molecule has 0 saturated carbocycles. The van der Waals surface area contributed by atoms with Crippen molar-refractivity contribution in [2.45, 2.75) is 52.5 Å². The molecule has 0 aliphatic rings. The fraction of sp³-hybridized carbons (Fsp3) is 0.571. The maximum absolute atomic E-state index is 3.53. The Hall–Kier alpha value is -0.980. The van der Waals surface area contributed by atoms with Gasteiger partial charge < -0.3 is 5.32 Å². The summed E-state index contributed by atoms with van der Waals surface area (Å²) in [7, 11) is 0. The Morgan fingerprint density at radius 2 is 1.80 bits per heavy atom. The molecule has 1 unspecified atom stereocenters. The highest BCUT2D eigenvalue weighted by atomic mass is 14.9. The molecule has 84 valence electrons. The highest BCUT2D eigenvalue weighted by Gasteiger charge is 2.00. The van der Waals surface area contributed by atoms with Crippen LogP contribution in [0.25, 0.3) is 0 Å². The Morgan fingerprint density at radius 3 is 2.40 bits per heavy atom. The van der Waals surface area contributed by atoms with Crippen molar-refractivity contribution in [2.24, 2.45) is 0 Å². The van der Waals surface area contributed by atoms with Crippen LogP contribution in [0.2, 0.25) is 0 Å². The quantitative estimate of drug-likeness (QED) is 0.680. The Bertz CT molecular complexity index is 263. The second-order valence-electron chi connectivity index (χ2n) is 4.41. The molecule has 1 atom stereocenters. The van der Waals surface area contributed by atoms with Crippen molar-refractivity contribution < 1.29 is 0 Å². The van der Waals surface area contributed by atoms with Gasteiger partial charge in [-0.1, -0.05) is 43.9 Å². The molecule has 1 rings (SSSR count). The van der Waals surface area contributed by atoms with Gasteiger partial charge in [-0.05, 0) is 32.4 Å². The van der Waals surface area contributed by atoms with Crippen LogP contribution in [0.1, 0.15) is 45.1 Å². The van der Waals surface area contributed by atoms with E-state index in [4.69, 9.17) is 0 Å². The standard InChI is InChI=1S/C14H23N/c1-4-5-6-7-13(3)15-14-10-8-12(2)9-11-14/h8-11,13,15H,4-7H2,1-3H3. The molecule has 0 aliphatic carbocycles. The second kappa shape index (κ2) is 6.49. The molecule has 1 N–H and O–H groups in total. The normalized spacial score (nSPS) is 12.5. The van der Waals surface area contributed by atoms with Gasteiger partial charge in [0.15, 0.2) is 0 Å². The average Bonchev–Trinajstić information content (AvgIpc) is 2.22. The number of benzene rings is 1. The summed E-state index contributed by atoms with van der Waals surface area (Å²) < 4.78 is 0. The summed E-state index contributed by atoms with van der Waals surface area (Å²) in [4.78, 5) is 0. The van der Waals surface area contributed by atoms with E-state index in [1.165, 1.54) is 36.9 Å². The first-order valence-electron chi connectivity index (χ1n) is 6.05. The zero-order valence-corrected chi connectivity index (χ0v) is 10.2. The van der Waals surface area contributed by atoms with E-state index in [2.05, 4.69) is 50.4 Å². The molecule has 1 aromatic carbocycles. The van der Waals surface area contributed by atoms with Gasteiger partial charge in [0, 0.05) is 11.7 Å². The van der Waals surface area contributed by atoms with E-state index in [1.54, 1.807) is 0 Å². The van der Waals surface area contributed by atoms with Gasteiger partial charge in [-0.25, -0.2) is 0 Å². The van der Waals surface area contributed by atoms with Crippen molar-refractivity contribution in [3.05, 3.63) is 29.8 Å². The van der Waals surface area contributed by atoms with Gasteiger partial charge in [-0.3, -0.25) is 0 Å². The minimum atomic E-state index is 0.583. The van der Waals surface area contributed by atoms with Gasteiger partial charge in [0.05, 0.1) is 0 Å². The highest BCUT2D eigenvalue weighted by Crippen LogP contribution is 2.12. The molecule has 1 aromatic rings. The molecule has 0 aliphatic heterocycles. The monoisotopic (exact) mass is 205 g/mol. The third kappa shape index (κ3) is 4.87. The number of nitrogens with one attached hydrogen (secondary N) is 1. The molecule has 0 radical (unpaired) electrons. The molecule has 0 fully saturated rings. The Kier molecular flexibility index (Phi) is 5.23. The third-order valence-electron chi connectivity index (χ3n) is 2.71. The molecule has 0 aromatic heterocycles. The van der Waals surface area contributed by atoms with Crippen LogP contribution < -0.4 is 5.32 Å². The fourth-order valence-corrected chi connectivity index (χ4v) is 1.71. The third-order valence-corrected chi connectivity index (χ3v) is 2.71. The van der Waals surface area contributed by atoms with Crippen LogP contribution in [-0.2, 0) is 0 Å². The first kappa shape index (κ1) is 12.1. The minimum absolute atomic E-state index is 0.583. The van der Waals surface area contributed by atoms with Crippen molar-refractivity contribution in [3.8, 4) is 0 Å². The van der Waals surface area contributed by atoms with Crippen molar-refractivity contribution in [2.75, 3.05) is 5.32 Å². The summed E-state index contributed by atoms with van der Waals surface area (Å²) in [5, 5.41) is 3.53. The molecular weight excluding hydrogens is 182 g/mol. The summed E-state index contributed by atoms with van der Waals surface area (Å²) in [6, 6.07) is 9.21. The van der Waals surface area contributed by atoms with E-state index < -0.39 is 0 Å². The highest BCUT2D eigenvalue weighted by molar-refractivity contribution is 5.44. The number of anilines is 1. The minimum Gasteiger partial charge on any atom is -0.383 e. The molecule has 1 nitrogen and oxygen atoms in total. The Balaban J connectivity index is 2.31. The van der Waals surface area contributed by atoms with E-state index in [1.807, 2.05) is 0 Å². The van der Waals surface area contributed by atoms with Crippen molar-refractivity contribution >= 4 is 5.69 Å². The van der Waals surface area contributed by atoms with Crippen molar-refractivity contribution in [1.29, 1.82) is 0 Å². The summed E-state index contributed by atoms with van der Waals surface area (Å²) in [6.07, 6.45) is 5.25. The molecule has 0 heterocycles. The van der Waals surface area contributed by atoms with Gasteiger partial charge in [-0.15, -0.1) is 0 Å². The molecule has 0 bridgehead atoms. The van der Waals surface area contributed by atoms with Crippen LogP contribution in [0.4, 0.5) is 5.69 Å². The van der Waals surface area contributed by atoms with Crippen LogP contribution in [0.15, 0.2) is 24.3 Å². The van der Waals surface area contributed by atoms with E-state index in [9.17, 15) is 0 Å². The fourth-order valence-electron chi connectivity index (χ4n) is 1.71. The van der Waals surface area contributed by atoms with E-state index in [0.29, 0.717) is 6.04 Å². The lowest BCUT2D eigenvalue weighted by atomic mass is 10.1. The molecule has 15 heavy (non-hydrogen) atoms. The van der Waals surface area contributed by atoms with Gasteiger partial charge >= 0.3 is 0 Å². The number of unbranched alkanes of at least 4 members (excludes halogenated alkanes) is 2. The molecule has 0 saturated heterocycles. The van der Waals surface area contributed by atoms with Gasteiger partial charge in [-0.2, -0.15) is 0 Å². The van der Waals surface area contributed by atoms with Gasteiger partial charge in [0.2, 0.25) is 0 Å². The van der Waals surface area contributed by atoms with Gasteiger partial charge in [0.1, 0.15) is 0 Å². The summed E-state index contributed by atoms with van der Waals surface area (Å²) in [5.41, 5.74) is 2.56. The lowest BCUT2D eigenvalue weighted by Crippen LogP contribution is -2.14. The van der Waals surface area contributed by atoms with Crippen LogP contribution in [0, 0.1) is 6.92 Å². The Morgan fingerprint density at radius 1 is 1.13 bits per heavy atom. The van der Waals surface area contributed by atoms with Crippen LogP contribution >= 0.6 is 0 Å². The topological polar surface area (TPSA) is 12.0 Å². The SMILES string of the molecule is CCCCCC(C)Nc1ccc(C)cc1. The van der Waals surface area contributed by atoms with Crippen LogP contribution in [-0.4, -0.2) is 6.04 Å². The smallest absolute Gasteiger partial charge is 0.0342 e. The lowest BCUT2D eigenvalue weighted by molar-refractivity contribution is 0.615. The number of aryl methyl sites for hydroxylation is 1. The predicted molar refractivity (Wildman–Crippen MR) is 68.4 cm³/mol. The molecule has 0 amide bonds. The summed E-state index contributed by atoms with van der Waals surface area (Å²) in [6.45, 7) is 6.63. The zero-order valence-electron chi connectivity index (χ0n) is 10.2. The number of hydrogen-bond acceptors (Lipinski definition) is 1. The molecular formula is C14H23N. The first-order chi connectivity index (χ1) is 7.22. The van der Waals surface area contributed by atoms with Crippen LogP contribution in [0.5, 0.6) is 0 Å².